The first-order chi connectivity index (χ1) is 8.72. The molecule has 1 aromatic rings. The van der Waals surface area contributed by atoms with Crippen molar-refractivity contribution in [1.29, 1.82) is 0 Å². The number of carboxylic acids is 1. The predicted molar refractivity (Wildman–Crippen MR) is 64.5 cm³/mol. The third-order valence-corrected chi connectivity index (χ3v) is 5.92. The van der Waals surface area contributed by atoms with Gasteiger partial charge in [0.15, 0.2) is 14.6 Å². The van der Waals surface area contributed by atoms with E-state index in [9.17, 15) is 27.1 Å². The first-order valence-corrected chi connectivity index (χ1v) is 7.14. The molecule has 0 aliphatic rings. The zero-order chi connectivity index (χ0) is 14.8. The van der Waals surface area contributed by atoms with Crippen LogP contribution in [0.5, 0.6) is 0 Å². The molecule has 0 atom stereocenters. The number of hydrogen-bond donors (Lipinski definition) is 1. The Morgan fingerprint density at radius 3 is 2.16 bits per heavy atom. The second-order valence-corrected chi connectivity index (χ2v) is 6.31. The van der Waals surface area contributed by atoms with E-state index in [0.717, 1.165) is 12.1 Å². The van der Waals surface area contributed by atoms with Crippen molar-refractivity contribution in [2.24, 2.45) is 0 Å². The van der Waals surface area contributed by atoms with E-state index in [4.69, 9.17) is 0 Å². The average molecular weight is 292 g/mol. The van der Waals surface area contributed by atoms with Gasteiger partial charge in [-0.15, -0.1) is 0 Å². The van der Waals surface area contributed by atoms with Gasteiger partial charge in [-0.2, -0.15) is 0 Å². The van der Waals surface area contributed by atoms with Gasteiger partial charge < -0.3 is 5.11 Å². The monoisotopic (exact) mass is 292 g/mol. The normalized spacial score (nSPS) is 12.4. The summed E-state index contributed by atoms with van der Waals surface area (Å²) in [5, 5.41) is 9.19. The summed E-state index contributed by atoms with van der Waals surface area (Å²) in [6.07, 6.45) is -0.421. The Bertz CT molecular complexity index is 592. The van der Waals surface area contributed by atoms with Gasteiger partial charge in [-0.25, -0.2) is 17.2 Å². The third-order valence-electron chi connectivity index (χ3n) is 3.23. The van der Waals surface area contributed by atoms with E-state index in [0.29, 0.717) is 6.07 Å². The number of benzene rings is 1. The molecule has 0 amide bonds. The minimum atomic E-state index is -4.45. The molecule has 1 aromatic carbocycles. The van der Waals surface area contributed by atoms with E-state index >= 15 is 0 Å². The van der Waals surface area contributed by atoms with Crippen LogP contribution in [-0.4, -0.2) is 24.2 Å². The molecule has 0 unspecified atom stereocenters. The summed E-state index contributed by atoms with van der Waals surface area (Å²) in [6.45, 7) is 2.80. The Morgan fingerprint density at radius 2 is 1.79 bits per heavy atom. The van der Waals surface area contributed by atoms with Crippen molar-refractivity contribution in [3.05, 3.63) is 29.8 Å². The van der Waals surface area contributed by atoms with Gasteiger partial charge in [0.1, 0.15) is 16.5 Å². The van der Waals surface area contributed by atoms with Crippen LogP contribution >= 0.6 is 0 Å². The zero-order valence-corrected chi connectivity index (χ0v) is 11.3. The number of carbonyl (C=O) groups is 1. The van der Waals surface area contributed by atoms with Gasteiger partial charge in [0, 0.05) is 6.07 Å². The SMILES string of the molecule is CCC(CC)(C(=O)O)S(=O)(=O)c1ccc(F)cc1F. The van der Waals surface area contributed by atoms with Gasteiger partial charge in [0.2, 0.25) is 0 Å². The summed E-state index contributed by atoms with van der Waals surface area (Å²) in [7, 11) is -4.45. The Balaban J connectivity index is 3.57. The molecule has 4 nitrogen and oxygen atoms in total. The quantitative estimate of drug-likeness (QED) is 0.846. The smallest absolute Gasteiger partial charge is 0.325 e. The van der Waals surface area contributed by atoms with E-state index in [1.807, 2.05) is 0 Å². The lowest BCUT2D eigenvalue weighted by Gasteiger charge is -2.26. The second-order valence-electron chi connectivity index (χ2n) is 4.08. The van der Waals surface area contributed by atoms with E-state index < -0.39 is 37.1 Å². The fraction of sp³-hybridized carbons (Fsp3) is 0.417. The van der Waals surface area contributed by atoms with Crippen LogP contribution in [0.2, 0.25) is 0 Å². The van der Waals surface area contributed by atoms with Crippen LogP contribution in [0.1, 0.15) is 26.7 Å². The Kier molecular flexibility index (Phi) is 4.29. The molecular weight excluding hydrogens is 278 g/mol. The van der Waals surface area contributed by atoms with Crippen molar-refractivity contribution in [2.75, 3.05) is 0 Å². The molecule has 1 N–H and O–H groups in total. The summed E-state index contributed by atoms with van der Waals surface area (Å²) < 4.78 is 49.0. The van der Waals surface area contributed by atoms with Crippen molar-refractivity contribution < 1.29 is 27.1 Å². The minimum Gasteiger partial charge on any atom is -0.480 e. The number of hydrogen-bond acceptors (Lipinski definition) is 3. The van der Waals surface area contributed by atoms with Crippen molar-refractivity contribution in [3.8, 4) is 0 Å². The maximum atomic E-state index is 13.6. The van der Waals surface area contributed by atoms with Crippen LogP contribution in [0.25, 0.3) is 0 Å². The van der Waals surface area contributed by atoms with Crippen LogP contribution in [-0.2, 0) is 14.6 Å². The number of rotatable bonds is 5. The van der Waals surface area contributed by atoms with Crippen molar-refractivity contribution >= 4 is 15.8 Å². The summed E-state index contributed by atoms with van der Waals surface area (Å²) in [4.78, 5) is 10.5. The number of halogens is 2. The first kappa shape index (κ1) is 15.6. The van der Waals surface area contributed by atoms with Crippen LogP contribution in [0, 0.1) is 11.6 Å². The molecule has 0 saturated carbocycles. The molecular formula is C12H14F2O4S. The summed E-state index contributed by atoms with van der Waals surface area (Å²) in [5.74, 6) is -3.75. The Morgan fingerprint density at radius 1 is 1.26 bits per heavy atom. The molecule has 1 rings (SSSR count). The molecule has 0 aliphatic heterocycles. The fourth-order valence-corrected chi connectivity index (χ4v) is 3.92. The molecule has 19 heavy (non-hydrogen) atoms. The molecule has 0 bridgehead atoms. The van der Waals surface area contributed by atoms with Gasteiger partial charge in [-0.1, -0.05) is 13.8 Å². The lowest BCUT2D eigenvalue weighted by molar-refractivity contribution is -0.140. The highest BCUT2D eigenvalue weighted by molar-refractivity contribution is 7.93. The minimum absolute atomic E-state index is 0.210. The van der Waals surface area contributed by atoms with Gasteiger partial charge in [0.05, 0.1) is 0 Å². The summed E-state index contributed by atoms with van der Waals surface area (Å²) in [6, 6.07) is 1.96. The number of aliphatic carboxylic acids is 1. The van der Waals surface area contributed by atoms with Gasteiger partial charge in [-0.05, 0) is 25.0 Å². The summed E-state index contributed by atoms with van der Waals surface area (Å²) in [5.41, 5.74) is 0. The molecule has 0 saturated heterocycles. The first-order valence-electron chi connectivity index (χ1n) is 5.66. The Labute approximate surface area is 110 Å². The third kappa shape index (κ3) is 2.34. The van der Waals surface area contributed by atoms with Crippen LogP contribution in [0.15, 0.2) is 23.1 Å². The fourth-order valence-electron chi connectivity index (χ4n) is 1.95. The maximum absolute atomic E-state index is 13.6. The predicted octanol–water partition coefficient (Wildman–Crippen LogP) is 2.38. The summed E-state index contributed by atoms with van der Waals surface area (Å²) >= 11 is 0. The molecule has 0 spiro atoms. The molecule has 0 aliphatic carbocycles. The highest BCUT2D eigenvalue weighted by atomic mass is 32.2. The topological polar surface area (TPSA) is 71.4 Å². The number of carboxylic acid groups (broad SMARTS) is 1. The number of sulfone groups is 1. The van der Waals surface area contributed by atoms with Crippen LogP contribution in [0.3, 0.4) is 0 Å². The van der Waals surface area contributed by atoms with Crippen molar-refractivity contribution in [2.45, 2.75) is 36.3 Å². The maximum Gasteiger partial charge on any atom is 0.325 e. The van der Waals surface area contributed by atoms with Gasteiger partial charge in [0.25, 0.3) is 0 Å². The largest absolute Gasteiger partial charge is 0.480 e. The molecule has 106 valence electrons. The average Bonchev–Trinajstić information content (AvgIpc) is 2.29. The van der Waals surface area contributed by atoms with Crippen molar-refractivity contribution in [1.82, 2.24) is 0 Å². The molecule has 0 fully saturated rings. The van der Waals surface area contributed by atoms with E-state index in [1.165, 1.54) is 13.8 Å². The van der Waals surface area contributed by atoms with Crippen molar-refractivity contribution in [3.63, 3.8) is 0 Å². The molecule has 0 heterocycles. The second kappa shape index (κ2) is 5.24. The molecule has 0 aromatic heterocycles. The highest BCUT2D eigenvalue weighted by Gasteiger charge is 2.49. The van der Waals surface area contributed by atoms with E-state index in [2.05, 4.69) is 0 Å². The van der Waals surface area contributed by atoms with E-state index in [1.54, 1.807) is 0 Å². The molecule has 0 radical (unpaired) electrons. The zero-order valence-electron chi connectivity index (χ0n) is 10.5. The van der Waals surface area contributed by atoms with E-state index in [-0.39, 0.29) is 12.8 Å². The lowest BCUT2D eigenvalue weighted by Crippen LogP contribution is -2.45. The van der Waals surface area contributed by atoms with Crippen LogP contribution in [0.4, 0.5) is 8.78 Å². The lowest BCUT2D eigenvalue weighted by atomic mass is 10.0. The standard InChI is InChI=1S/C12H14F2O4S/c1-3-12(4-2,11(15)16)19(17,18)10-6-5-8(13)7-9(10)14/h5-7H,3-4H2,1-2H3,(H,15,16). The van der Waals surface area contributed by atoms with Crippen LogP contribution < -0.4 is 0 Å². The van der Waals surface area contributed by atoms with Gasteiger partial charge in [-0.3, -0.25) is 4.79 Å². The highest BCUT2D eigenvalue weighted by Crippen LogP contribution is 2.33. The molecule has 7 heteroatoms. The van der Waals surface area contributed by atoms with Gasteiger partial charge >= 0.3 is 5.97 Å². The Hall–Kier alpha value is -1.50.